The second-order valence-corrected chi connectivity index (χ2v) is 5.03. The molecule has 0 N–H and O–H groups in total. The third-order valence-corrected chi connectivity index (χ3v) is 3.49. The number of piperazine rings is 1. The number of rotatable bonds is 2. The molecule has 1 fully saturated rings. The lowest BCUT2D eigenvalue weighted by atomic mass is 10.1. The average Bonchev–Trinajstić information content (AvgIpc) is 2.30. The fourth-order valence-corrected chi connectivity index (χ4v) is 2.46. The first kappa shape index (κ1) is 13.0. The van der Waals surface area contributed by atoms with Gasteiger partial charge in [0.1, 0.15) is 5.82 Å². The number of benzene rings is 1. The molecule has 1 atom stereocenters. The molecule has 1 unspecified atom stereocenters. The number of likely N-dealkylation sites (N-methyl/N-ethyl adjacent to an activating group) is 1. The van der Waals surface area contributed by atoms with Gasteiger partial charge in [-0.3, -0.25) is 4.79 Å². The predicted molar refractivity (Wildman–Crippen MR) is 70.7 cm³/mol. The van der Waals surface area contributed by atoms with E-state index in [4.69, 9.17) is 0 Å². The molecule has 0 bridgehead atoms. The number of halogens is 1. The smallest absolute Gasteiger partial charge is 0.159 e. The molecular weight excluding hydrogens is 231 g/mol. The monoisotopic (exact) mass is 250 g/mol. The molecule has 0 amide bonds. The lowest BCUT2D eigenvalue weighted by Gasteiger charge is -2.39. The van der Waals surface area contributed by atoms with E-state index in [1.807, 2.05) is 0 Å². The molecule has 1 saturated heterocycles. The summed E-state index contributed by atoms with van der Waals surface area (Å²) in [5, 5.41) is 0. The lowest BCUT2D eigenvalue weighted by molar-refractivity contribution is 0.101. The quantitative estimate of drug-likeness (QED) is 0.752. The summed E-state index contributed by atoms with van der Waals surface area (Å²) >= 11 is 0. The Bertz CT molecular complexity index is 461. The van der Waals surface area contributed by atoms with Gasteiger partial charge in [-0.05, 0) is 39.1 Å². The van der Waals surface area contributed by atoms with Gasteiger partial charge < -0.3 is 9.80 Å². The summed E-state index contributed by atoms with van der Waals surface area (Å²) in [6, 6.07) is 5.03. The van der Waals surface area contributed by atoms with Crippen molar-refractivity contribution in [2.24, 2.45) is 0 Å². The predicted octanol–water partition coefficient (Wildman–Crippen LogP) is 2.17. The van der Waals surface area contributed by atoms with E-state index in [0.29, 0.717) is 11.3 Å². The number of carbonyl (C=O) groups is 1. The van der Waals surface area contributed by atoms with Crippen LogP contribution in [-0.4, -0.2) is 43.4 Å². The van der Waals surface area contributed by atoms with E-state index >= 15 is 0 Å². The number of nitrogens with zero attached hydrogens (tertiary/aromatic N) is 2. The zero-order chi connectivity index (χ0) is 13.3. The highest BCUT2D eigenvalue weighted by molar-refractivity contribution is 5.94. The van der Waals surface area contributed by atoms with Crippen molar-refractivity contribution in [3.8, 4) is 0 Å². The van der Waals surface area contributed by atoms with E-state index in [0.717, 1.165) is 19.6 Å². The number of hydrogen-bond donors (Lipinski definition) is 0. The molecule has 0 aromatic heterocycles. The second-order valence-electron chi connectivity index (χ2n) is 5.03. The summed E-state index contributed by atoms with van der Waals surface area (Å²) in [4.78, 5) is 15.5. The zero-order valence-corrected chi connectivity index (χ0v) is 11.1. The lowest BCUT2D eigenvalue weighted by Crippen LogP contribution is -2.50. The molecule has 1 aromatic carbocycles. The maximum atomic E-state index is 14.1. The summed E-state index contributed by atoms with van der Waals surface area (Å²) in [6.07, 6.45) is 0. The highest BCUT2D eigenvalue weighted by Crippen LogP contribution is 2.24. The molecule has 0 radical (unpaired) electrons. The van der Waals surface area contributed by atoms with Gasteiger partial charge in [-0.25, -0.2) is 4.39 Å². The first-order valence-corrected chi connectivity index (χ1v) is 6.24. The van der Waals surface area contributed by atoms with Crippen molar-refractivity contribution in [3.63, 3.8) is 0 Å². The molecule has 1 aromatic rings. The summed E-state index contributed by atoms with van der Waals surface area (Å²) in [7, 11) is 2.07. The van der Waals surface area contributed by atoms with Gasteiger partial charge in [0.2, 0.25) is 0 Å². The van der Waals surface area contributed by atoms with Crippen LogP contribution in [0, 0.1) is 5.82 Å². The van der Waals surface area contributed by atoms with Crippen LogP contribution in [0.5, 0.6) is 0 Å². The molecule has 98 valence electrons. The van der Waals surface area contributed by atoms with Crippen molar-refractivity contribution in [1.29, 1.82) is 0 Å². The van der Waals surface area contributed by atoms with Gasteiger partial charge in [0.25, 0.3) is 0 Å². The fraction of sp³-hybridized carbons (Fsp3) is 0.500. The van der Waals surface area contributed by atoms with E-state index in [2.05, 4.69) is 23.8 Å². The van der Waals surface area contributed by atoms with E-state index < -0.39 is 0 Å². The Morgan fingerprint density at radius 1 is 1.39 bits per heavy atom. The molecule has 1 aliphatic heterocycles. The van der Waals surface area contributed by atoms with E-state index in [-0.39, 0.29) is 17.6 Å². The highest BCUT2D eigenvalue weighted by Gasteiger charge is 2.23. The van der Waals surface area contributed by atoms with Crippen LogP contribution >= 0.6 is 0 Å². The fourth-order valence-electron chi connectivity index (χ4n) is 2.46. The van der Waals surface area contributed by atoms with Gasteiger partial charge in [-0.2, -0.15) is 0 Å². The number of ketones is 1. The van der Waals surface area contributed by atoms with Crippen LogP contribution in [0.2, 0.25) is 0 Å². The van der Waals surface area contributed by atoms with Crippen LogP contribution in [0.4, 0.5) is 10.1 Å². The van der Waals surface area contributed by atoms with Crippen LogP contribution in [0.25, 0.3) is 0 Å². The van der Waals surface area contributed by atoms with Crippen molar-refractivity contribution in [3.05, 3.63) is 29.6 Å². The summed E-state index contributed by atoms with van der Waals surface area (Å²) in [5.41, 5.74) is 1.03. The largest absolute Gasteiger partial charge is 0.364 e. The van der Waals surface area contributed by atoms with Crippen molar-refractivity contribution in [1.82, 2.24) is 4.90 Å². The molecule has 18 heavy (non-hydrogen) atoms. The molecule has 1 heterocycles. The molecule has 1 aliphatic rings. The minimum absolute atomic E-state index is 0.105. The number of anilines is 1. The summed E-state index contributed by atoms with van der Waals surface area (Å²) < 4.78 is 14.1. The minimum atomic E-state index is -0.306. The summed E-state index contributed by atoms with van der Waals surface area (Å²) in [6.45, 7) is 6.21. The van der Waals surface area contributed by atoms with Crippen LogP contribution in [0.1, 0.15) is 24.2 Å². The zero-order valence-electron chi connectivity index (χ0n) is 11.1. The van der Waals surface area contributed by atoms with Crippen molar-refractivity contribution in [2.75, 3.05) is 31.6 Å². The van der Waals surface area contributed by atoms with Gasteiger partial charge in [0.05, 0.1) is 5.69 Å². The average molecular weight is 250 g/mol. The standard InChI is InChI=1S/C14H19FN2O/c1-10-9-16(3)6-7-17(10)14-5-4-12(11(2)18)8-13(14)15/h4-5,8,10H,6-7,9H2,1-3H3. The van der Waals surface area contributed by atoms with Gasteiger partial charge >= 0.3 is 0 Å². The van der Waals surface area contributed by atoms with E-state index in [1.165, 1.54) is 13.0 Å². The number of hydrogen-bond acceptors (Lipinski definition) is 3. The maximum Gasteiger partial charge on any atom is 0.159 e. The van der Waals surface area contributed by atoms with Gasteiger partial charge in [0, 0.05) is 31.2 Å². The second kappa shape index (κ2) is 5.06. The van der Waals surface area contributed by atoms with Crippen LogP contribution < -0.4 is 4.90 Å². The Balaban J connectivity index is 2.26. The van der Waals surface area contributed by atoms with Gasteiger partial charge in [0.15, 0.2) is 5.78 Å². The number of Topliss-reactive ketones (excluding diaryl/α,β-unsaturated/α-hetero) is 1. The van der Waals surface area contributed by atoms with E-state index in [1.54, 1.807) is 12.1 Å². The Morgan fingerprint density at radius 2 is 2.11 bits per heavy atom. The minimum Gasteiger partial charge on any atom is -0.364 e. The van der Waals surface area contributed by atoms with Crippen LogP contribution in [-0.2, 0) is 0 Å². The Hall–Kier alpha value is -1.42. The molecule has 2 rings (SSSR count). The van der Waals surface area contributed by atoms with E-state index in [9.17, 15) is 9.18 Å². The topological polar surface area (TPSA) is 23.6 Å². The first-order valence-electron chi connectivity index (χ1n) is 6.24. The normalized spacial score (nSPS) is 21.1. The Kier molecular flexibility index (Phi) is 3.66. The first-order chi connectivity index (χ1) is 8.49. The molecule has 0 spiro atoms. The Morgan fingerprint density at radius 3 is 2.67 bits per heavy atom. The maximum absolute atomic E-state index is 14.1. The molecule has 0 aliphatic carbocycles. The van der Waals surface area contributed by atoms with Gasteiger partial charge in [-0.15, -0.1) is 0 Å². The molecule has 0 saturated carbocycles. The van der Waals surface area contributed by atoms with Crippen LogP contribution in [0.15, 0.2) is 18.2 Å². The van der Waals surface area contributed by atoms with Gasteiger partial charge in [-0.1, -0.05) is 0 Å². The third kappa shape index (κ3) is 2.53. The third-order valence-electron chi connectivity index (χ3n) is 3.49. The summed E-state index contributed by atoms with van der Waals surface area (Å²) in [5.74, 6) is -0.411. The SMILES string of the molecule is CC(=O)c1ccc(N2CCN(C)CC2C)c(F)c1. The molecule has 3 nitrogen and oxygen atoms in total. The van der Waals surface area contributed by atoms with Crippen molar-refractivity contribution >= 4 is 11.5 Å². The van der Waals surface area contributed by atoms with Crippen molar-refractivity contribution < 1.29 is 9.18 Å². The molecule has 4 heteroatoms. The number of carbonyl (C=O) groups excluding carboxylic acids is 1. The van der Waals surface area contributed by atoms with Crippen molar-refractivity contribution in [2.45, 2.75) is 19.9 Å². The highest BCUT2D eigenvalue weighted by atomic mass is 19.1. The van der Waals surface area contributed by atoms with Crippen LogP contribution in [0.3, 0.4) is 0 Å². The molecular formula is C14H19FN2O. The Labute approximate surface area is 107 Å².